The first kappa shape index (κ1) is 17.5. The van der Waals surface area contributed by atoms with Gasteiger partial charge in [0.25, 0.3) is 5.91 Å². The molecule has 25 heavy (non-hydrogen) atoms. The minimum Gasteiger partial charge on any atom is -0.508 e. The molecule has 1 aliphatic heterocycles. The standard InChI is InChI=1S/C21H25NO3/c1-2-16-9-11-17(12-10-16)21(24)22(15-19-7-5-13-25-19)14-18-6-3-4-8-20(18)23/h3-4,6,8-12,19,23H,2,5,7,13-15H2,1H3. The summed E-state index contributed by atoms with van der Waals surface area (Å²) in [7, 11) is 0. The van der Waals surface area contributed by atoms with Crippen molar-refractivity contribution in [1.29, 1.82) is 0 Å². The van der Waals surface area contributed by atoms with Crippen molar-refractivity contribution in [3.8, 4) is 5.75 Å². The average molecular weight is 339 g/mol. The van der Waals surface area contributed by atoms with E-state index in [4.69, 9.17) is 4.74 Å². The number of hydrogen-bond donors (Lipinski definition) is 1. The van der Waals surface area contributed by atoms with E-state index in [9.17, 15) is 9.90 Å². The molecular weight excluding hydrogens is 314 g/mol. The largest absolute Gasteiger partial charge is 0.508 e. The summed E-state index contributed by atoms with van der Waals surface area (Å²) in [6.45, 7) is 3.77. The molecule has 2 aromatic carbocycles. The monoisotopic (exact) mass is 339 g/mol. The minimum absolute atomic E-state index is 0.0265. The molecule has 1 heterocycles. The van der Waals surface area contributed by atoms with Gasteiger partial charge in [-0.1, -0.05) is 37.3 Å². The minimum atomic E-state index is -0.0265. The van der Waals surface area contributed by atoms with Crippen LogP contribution in [0.2, 0.25) is 0 Å². The summed E-state index contributed by atoms with van der Waals surface area (Å²) in [5.74, 6) is 0.190. The molecule has 0 spiro atoms. The highest BCUT2D eigenvalue weighted by atomic mass is 16.5. The van der Waals surface area contributed by atoms with Crippen LogP contribution in [-0.2, 0) is 17.7 Å². The van der Waals surface area contributed by atoms with E-state index in [1.807, 2.05) is 36.4 Å². The third-order valence-electron chi connectivity index (χ3n) is 4.70. The van der Waals surface area contributed by atoms with E-state index in [0.29, 0.717) is 18.7 Å². The quantitative estimate of drug-likeness (QED) is 0.871. The molecule has 1 aliphatic rings. The summed E-state index contributed by atoms with van der Waals surface area (Å²) in [4.78, 5) is 14.8. The van der Waals surface area contributed by atoms with Gasteiger partial charge in [0.1, 0.15) is 5.75 Å². The second-order valence-electron chi connectivity index (χ2n) is 6.50. The number of carbonyl (C=O) groups is 1. The molecule has 0 radical (unpaired) electrons. The lowest BCUT2D eigenvalue weighted by molar-refractivity contribution is 0.0506. The van der Waals surface area contributed by atoms with Crippen molar-refractivity contribution in [2.75, 3.05) is 13.2 Å². The molecule has 132 valence electrons. The van der Waals surface area contributed by atoms with Crippen molar-refractivity contribution in [2.24, 2.45) is 0 Å². The van der Waals surface area contributed by atoms with Crippen LogP contribution in [0.15, 0.2) is 48.5 Å². The van der Waals surface area contributed by atoms with Gasteiger partial charge in [0.15, 0.2) is 0 Å². The van der Waals surface area contributed by atoms with Crippen LogP contribution in [0.1, 0.15) is 41.3 Å². The second kappa shape index (κ2) is 8.17. The third kappa shape index (κ3) is 4.40. The van der Waals surface area contributed by atoms with Gasteiger partial charge in [-0.3, -0.25) is 4.79 Å². The van der Waals surface area contributed by atoms with Crippen molar-refractivity contribution >= 4 is 5.91 Å². The molecule has 1 N–H and O–H groups in total. The van der Waals surface area contributed by atoms with Crippen molar-refractivity contribution in [3.05, 3.63) is 65.2 Å². The number of nitrogens with zero attached hydrogens (tertiary/aromatic N) is 1. The number of hydrogen-bond acceptors (Lipinski definition) is 3. The Bertz CT molecular complexity index is 705. The Balaban J connectivity index is 1.81. The van der Waals surface area contributed by atoms with Crippen LogP contribution < -0.4 is 0 Å². The maximum atomic E-state index is 13.0. The van der Waals surface area contributed by atoms with Crippen LogP contribution in [0, 0.1) is 0 Å². The van der Waals surface area contributed by atoms with E-state index in [2.05, 4.69) is 6.92 Å². The van der Waals surface area contributed by atoms with E-state index in [0.717, 1.165) is 31.4 Å². The van der Waals surface area contributed by atoms with Gasteiger partial charge in [-0.25, -0.2) is 0 Å². The lowest BCUT2D eigenvalue weighted by Gasteiger charge is -2.26. The van der Waals surface area contributed by atoms with Gasteiger partial charge in [0.2, 0.25) is 0 Å². The highest BCUT2D eigenvalue weighted by Gasteiger charge is 2.24. The first-order valence-electron chi connectivity index (χ1n) is 8.94. The molecule has 4 heteroatoms. The average Bonchev–Trinajstić information content (AvgIpc) is 3.15. The smallest absolute Gasteiger partial charge is 0.254 e. The number of phenols is 1. The number of benzene rings is 2. The first-order valence-corrected chi connectivity index (χ1v) is 8.94. The van der Waals surface area contributed by atoms with Gasteiger partial charge >= 0.3 is 0 Å². The molecule has 1 saturated heterocycles. The highest BCUT2D eigenvalue weighted by Crippen LogP contribution is 2.22. The Morgan fingerprint density at radius 2 is 1.96 bits per heavy atom. The molecule has 0 aromatic heterocycles. The maximum Gasteiger partial charge on any atom is 0.254 e. The molecule has 1 atom stereocenters. The van der Waals surface area contributed by atoms with Gasteiger partial charge in [0.05, 0.1) is 6.10 Å². The molecule has 0 bridgehead atoms. The fraction of sp³-hybridized carbons (Fsp3) is 0.381. The summed E-state index contributed by atoms with van der Waals surface area (Å²) in [5.41, 5.74) is 2.63. The van der Waals surface area contributed by atoms with E-state index < -0.39 is 0 Å². The summed E-state index contributed by atoms with van der Waals surface area (Å²) in [6, 6.07) is 14.9. The number of carbonyl (C=O) groups excluding carboxylic acids is 1. The van der Waals surface area contributed by atoms with Crippen LogP contribution in [0.25, 0.3) is 0 Å². The molecular formula is C21H25NO3. The Kier molecular flexibility index (Phi) is 5.71. The number of aryl methyl sites for hydroxylation is 1. The molecule has 4 nitrogen and oxygen atoms in total. The number of amides is 1. The van der Waals surface area contributed by atoms with E-state index >= 15 is 0 Å². The molecule has 0 aliphatic carbocycles. The van der Waals surface area contributed by atoms with E-state index in [1.165, 1.54) is 5.56 Å². The normalized spacial score (nSPS) is 16.8. The fourth-order valence-corrected chi connectivity index (χ4v) is 3.17. The van der Waals surface area contributed by atoms with E-state index in [1.54, 1.807) is 17.0 Å². The maximum absolute atomic E-state index is 13.0. The highest BCUT2D eigenvalue weighted by molar-refractivity contribution is 5.94. The van der Waals surface area contributed by atoms with Crippen molar-refractivity contribution in [1.82, 2.24) is 4.90 Å². The summed E-state index contributed by atoms with van der Waals surface area (Å²) < 4.78 is 5.72. The fourth-order valence-electron chi connectivity index (χ4n) is 3.17. The van der Waals surface area contributed by atoms with Gasteiger partial charge in [-0.2, -0.15) is 0 Å². The van der Waals surface area contributed by atoms with Crippen molar-refractivity contribution in [3.63, 3.8) is 0 Å². The Hall–Kier alpha value is -2.33. The van der Waals surface area contributed by atoms with Crippen LogP contribution in [0.3, 0.4) is 0 Å². The number of ether oxygens (including phenoxy) is 1. The number of phenolic OH excluding ortho intramolecular Hbond substituents is 1. The summed E-state index contributed by atoms with van der Waals surface area (Å²) >= 11 is 0. The van der Waals surface area contributed by atoms with Gasteiger partial charge < -0.3 is 14.7 Å². The van der Waals surface area contributed by atoms with Crippen molar-refractivity contribution < 1.29 is 14.6 Å². The zero-order chi connectivity index (χ0) is 17.6. The Morgan fingerprint density at radius 1 is 1.20 bits per heavy atom. The number of rotatable bonds is 6. The first-order chi connectivity index (χ1) is 12.2. The molecule has 2 aromatic rings. The zero-order valence-corrected chi connectivity index (χ0v) is 14.6. The summed E-state index contributed by atoms with van der Waals surface area (Å²) in [6.07, 6.45) is 3.03. The topological polar surface area (TPSA) is 49.8 Å². The molecule has 1 unspecified atom stereocenters. The summed E-state index contributed by atoms with van der Waals surface area (Å²) in [5, 5.41) is 10.1. The van der Waals surface area contributed by atoms with E-state index in [-0.39, 0.29) is 17.8 Å². The molecule has 0 saturated carbocycles. The number of aromatic hydroxyl groups is 1. The Morgan fingerprint density at radius 3 is 2.60 bits per heavy atom. The van der Waals surface area contributed by atoms with Crippen LogP contribution in [0.5, 0.6) is 5.75 Å². The van der Waals surface area contributed by atoms with Crippen LogP contribution in [-0.4, -0.2) is 35.2 Å². The lowest BCUT2D eigenvalue weighted by atomic mass is 10.1. The molecule has 3 rings (SSSR count). The predicted molar refractivity (Wildman–Crippen MR) is 97.6 cm³/mol. The second-order valence-corrected chi connectivity index (χ2v) is 6.50. The van der Waals surface area contributed by atoms with Gasteiger partial charge in [-0.15, -0.1) is 0 Å². The number of para-hydroxylation sites is 1. The van der Waals surface area contributed by atoms with Crippen LogP contribution in [0.4, 0.5) is 0 Å². The predicted octanol–water partition coefficient (Wildman–Crippen LogP) is 3.78. The van der Waals surface area contributed by atoms with Gasteiger partial charge in [0, 0.05) is 30.8 Å². The zero-order valence-electron chi connectivity index (χ0n) is 14.6. The third-order valence-corrected chi connectivity index (χ3v) is 4.70. The lowest BCUT2D eigenvalue weighted by Crippen LogP contribution is -2.37. The van der Waals surface area contributed by atoms with Gasteiger partial charge in [-0.05, 0) is 43.0 Å². The molecule has 1 fully saturated rings. The van der Waals surface area contributed by atoms with Crippen molar-refractivity contribution in [2.45, 2.75) is 38.8 Å². The van der Waals surface area contributed by atoms with Crippen LogP contribution >= 0.6 is 0 Å². The molecule has 1 amide bonds. The Labute approximate surface area is 149 Å². The SMILES string of the molecule is CCc1ccc(C(=O)N(Cc2ccccc2O)CC2CCCO2)cc1.